The third kappa shape index (κ3) is 4.64. The number of carbonyl (C=O) groups is 2. The largest absolute Gasteiger partial charge is 0.353 e. The van der Waals surface area contributed by atoms with E-state index in [0.717, 1.165) is 30.0 Å². The van der Waals surface area contributed by atoms with E-state index in [1.54, 1.807) is 13.1 Å². The second-order valence-corrected chi connectivity index (χ2v) is 7.07. The van der Waals surface area contributed by atoms with E-state index in [1.807, 2.05) is 55.1 Å². The van der Waals surface area contributed by atoms with Gasteiger partial charge in [-0.1, -0.05) is 23.3 Å². The molecule has 1 aliphatic heterocycles. The average Bonchev–Trinajstić information content (AvgIpc) is 2.67. The van der Waals surface area contributed by atoms with E-state index in [2.05, 4.69) is 15.2 Å². The smallest absolute Gasteiger partial charge is 0.251 e. The van der Waals surface area contributed by atoms with Crippen molar-refractivity contribution in [2.45, 2.75) is 26.8 Å². The van der Waals surface area contributed by atoms with Crippen LogP contribution in [0.4, 0.5) is 5.82 Å². The molecule has 1 fully saturated rings. The van der Waals surface area contributed by atoms with Gasteiger partial charge in [0.25, 0.3) is 5.91 Å². The van der Waals surface area contributed by atoms with Gasteiger partial charge < -0.3 is 15.1 Å². The minimum atomic E-state index is -0.556. The van der Waals surface area contributed by atoms with Crippen molar-refractivity contribution >= 4 is 17.6 Å². The molecule has 3 rings (SSSR count). The molecule has 27 heavy (non-hydrogen) atoms. The SMILES string of the molecule is Cc1cc(C)cc(C(=O)N[C@H](C)C(=O)N2CCN(c3ccccn3)CC2)c1. The summed E-state index contributed by atoms with van der Waals surface area (Å²) in [6.45, 7) is 8.38. The molecule has 6 nitrogen and oxygen atoms in total. The Morgan fingerprint density at radius 2 is 1.70 bits per heavy atom. The molecule has 1 atom stereocenters. The van der Waals surface area contributed by atoms with Crippen LogP contribution in [0.3, 0.4) is 0 Å². The van der Waals surface area contributed by atoms with Crippen LogP contribution in [0.25, 0.3) is 0 Å². The molecule has 2 amide bonds. The Hall–Kier alpha value is -2.89. The number of amides is 2. The Morgan fingerprint density at radius 1 is 1.04 bits per heavy atom. The molecule has 1 aromatic carbocycles. The summed E-state index contributed by atoms with van der Waals surface area (Å²) < 4.78 is 0. The first-order valence-electron chi connectivity index (χ1n) is 9.28. The summed E-state index contributed by atoms with van der Waals surface area (Å²) in [5.41, 5.74) is 2.65. The first-order valence-corrected chi connectivity index (χ1v) is 9.28. The topological polar surface area (TPSA) is 65.5 Å². The lowest BCUT2D eigenvalue weighted by atomic mass is 10.1. The second kappa shape index (κ2) is 8.20. The molecule has 142 valence electrons. The van der Waals surface area contributed by atoms with Crippen LogP contribution in [0, 0.1) is 13.8 Å². The van der Waals surface area contributed by atoms with Crippen LogP contribution < -0.4 is 10.2 Å². The number of carbonyl (C=O) groups excluding carboxylic acids is 2. The van der Waals surface area contributed by atoms with Gasteiger partial charge in [-0.05, 0) is 45.0 Å². The summed E-state index contributed by atoms with van der Waals surface area (Å²) in [6.07, 6.45) is 1.78. The van der Waals surface area contributed by atoms with Crippen molar-refractivity contribution in [1.82, 2.24) is 15.2 Å². The number of aromatic nitrogens is 1. The molecule has 2 aromatic rings. The summed E-state index contributed by atoms with van der Waals surface area (Å²) in [5.74, 6) is 0.670. The number of pyridine rings is 1. The predicted molar refractivity (Wildman–Crippen MR) is 106 cm³/mol. The van der Waals surface area contributed by atoms with Gasteiger partial charge in [0.2, 0.25) is 5.91 Å². The lowest BCUT2D eigenvalue weighted by molar-refractivity contribution is -0.133. The van der Waals surface area contributed by atoms with Crippen LogP contribution in [-0.4, -0.2) is 53.9 Å². The zero-order valence-electron chi connectivity index (χ0n) is 16.1. The lowest BCUT2D eigenvalue weighted by Gasteiger charge is -2.36. The summed E-state index contributed by atoms with van der Waals surface area (Å²) >= 11 is 0. The highest BCUT2D eigenvalue weighted by molar-refractivity contribution is 5.97. The first kappa shape index (κ1) is 18.9. The number of benzene rings is 1. The average molecular weight is 366 g/mol. The highest BCUT2D eigenvalue weighted by Gasteiger charge is 2.26. The Morgan fingerprint density at radius 3 is 2.30 bits per heavy atom. The normalized spacial score (nSPS) is 15.4. The van der Waals surface area contributed by atoms with Crippen LogP contribution in [0.5, 0.6) is 0 Å². The van der Waals surface area contributed by atoms with Crippen molar-refractivity contribution in [2.24, 2.45) is 0 Å². The van der Waals surface area contributed by atoms with E-state index in [9.17, 15) is 9.59 Å². The number of nitrogens with one attached hydrogen (secondary N) is 1. The van der Waals surface area contributed by atoms with Gasteiger partial charge in [-0.2, -0.15) is 0 Å². The quantitative estimate of drug-likeness (QED) is 0.901. The monoisotopic (exact) mass is 366 g/mol. The number of aryl methyl sites for hydroxylation is 2. The Bertz CT molecular complexity index is 794. The summed E-state index contributed by atoms with van der Waals surface area (Å²) in [4.78, 5) is 33.5. The number of nitrogens with zero attached hydrogens (tertiary/aromatic N) is 3. The van der Waals surface area contributed by atoms with Crippen LogP contribution in [0.2, 0.25) is 0 Å². The molecule has 0 bridgehead atoms. The van der Waals surface area contributed by atoms with Crippen molar-refractivity contribution in [1.29, 1.82) is 0 Å². The minimum Gasteiger partial charge on any atom is -0.353 e. The molecular formula is C21H26N4O2. The Balaban J connectivity index is 1.55. The molecule has 6 heteroatoms. The van der Waals surface area contributed by atoms with Gasteiger partial charge in [-0.25, -0.2) is 4.98 Å². The molecule has 1 aliphatic rings. The van der Waals surface area contributed by atoms with Crippen molar-refractivity contribution in [3.05, 3.63) is 59.3 Å². The molecule has 1 saturated heterocycles. The van der Waals surface area contributed by atoms with E-state index in [4.69, 9.17) is 0 Å². The molecular weight excluding hydrogens is 340 g/mol. The summed E-state index contributed by atoms with van der Waals surface area (Å²) in [7, 11) is 0. The maximum atomic E-state index is 12.7. The number of anilines is 1. The highest BCUT2D eigenvalue weighted by Crippen LogP contribution is 2.13. The van der Waals surface area contributed by atoms with Gasteiger partial charge in [0.1, 0.15) is 11.9 Å². The third-order valence-electron chi connectivity index (χ3n) is 4.77. The van der Waals surface area contributed by atoms with E-state index >= 15 is 0 Å². The fourth-order valence-corrected chi connectivity index (χ4v) is 3.42. The maximum absolute atomic E-state index is 12.7. The zero-order valence-corrected chi connectivity index (χ0v) is 16.1. The fraction of sp³-hybridized carbons (Fsp3) is 0.381. The number of hydrogen-bond donors (Lipinski definition) is 1. The van der Waals surface area contributed by atoms with Gasteiger partial charge in [0, 0.05) is 37.9 Å². The molecule has 0 aliphatic carbocycles. The minimum absolute atomic E-state index is 0.0478. The number of rotatable bonds is 4. The maximum Gasteiger partial charge on any atom is 0.251 e. The number of piperazine rings is 1. The van der Waals surface area contributed by atoms with E-state index in [1.165, 1.54) is 0 Å². The lowest BCUT2D eigenvalue weighted by Crippen LogP contribution is -2.54. The van der Waals surface area contributed by atoms with Gasteiger partial charge >= 0.3 is 0 Å². The molecule has 0 radical (unpaired) electrons. The van der Waals surface area contributed by atoms with Crippen LogP contribution in [0.1, 0.15) is 28.4 Å². The van der Waals surface area contributed by atoms with Gasteiger partial charge in [0.15, 0.2) is 0 Å². The molecule has 2 heterocycles. The van der Waals surface area contributed by atoms with Crippen molar-refractivity contribution < 1.29 is 9.59 Å². The molecule has 1 N–H and O–H groups in total. The van der Waals surface area contributed by atoms with Crippen LogP contribution in [0.15, 0.2) is 42.6 Å². The van der Waals surface area contributed by atoms with Gasteiger partial charge in [-0.15, -0.1) is 0 Å². The van der Waals surface area contributed by atoms with E-state index in [0.29, 0.717) is 18.7 Å². The molecule has 0 saturated carbocycles. The first-order chi connectivity index (χ1) is 12.9. The van der Waals surface area contributed by atoms with Crippen molar-refractivity contribution in [2.75, 3.05) is 31.1 Å². The van der Waals surface area contributed by atoms with Gasteiger partial charge in [-0.3, -0.25) is 9.59 Å². The molecule has 1 aromatic heterocycles. The number of hydrogen-bond acceptors (Lipinski definition) is 4. The predicted octanol–water partition coefficient (Wildman–Crippen LogP) is 2.17. The summed E-state index contributed by atoms with van der Waals surface area (Å²) in [5, 5.41) is 2.83. The van der Waals surface area contributed by atoms with Crippen molar-refractivity contribution in [3.8, 4) is 0 Å². The van der Waals surface area contributed by atoms with E-state index < -0.39 is 6.04 Å². The Kier molecular flexibility index (Phi) is 5.74. The molecule has 0 unspecified atom stereocenters. The zero-order chi connectivity index (χ0) is 19.4. The fourth-order valence-electron chi connectivity index (χ4n) is 3.42. The molecule has 0 spiro atoms. The van der Waals surface area contributed by atoms with Crippen LogP contribution >= 0.6 is 0 Å². The third-order valence-corrected chi connectivity index (χ3v) is 4.77. The van der Waals surface area contributed by atoms with Gasteiger partial charge in [0.05, 0.1) is 0 Å². The van der Waals surface area contributed by atoms with Crippen LogP contribution in [-0.2, 0) is 4.79 Å². The second-order valence-electron chi connectivity index (χ2n) is 7.07. The highest BCUT2D eigenvalue weighted by atomic mass is 16.2. The Labute approximate surface area is 160 Å². The van der Waals surface area contributed by atoms with E-state index in [-0.39, 0.29) is 11.8 Å². The van der Waals surface area contributed by atoms with Crippen molar-refractivity contribution in [3.63, 3.8) is 0 Å². The standard InChI is InChI=1S/C21H26N4O2/c1-15-12-16(2)14-18(13-15)20(26)23-17(3)21(27)25-10-8-24(9-11-25)19-6-4-5-7-22-19/h4-7,12-14,17H,8-11H2,1-3H3,(H,23,26)/t17-/m1/s1. The summed E-state index contributed by atoms with van der Waals surface area (Å²) in [6, 6.07) is 11.0.